The highest BCUT2D eigenvalue weighted by atomic mass is 16.2. The zero-order chi connectivity index (χ0) is 29.1. The van der Waals surface area contributed by atoms with Crippen LogP contribution in [-0.2, 0) is 4.79 Å². The van der Waals surface area contributed by atoms with Gasteiger partial charge in [-0.2, -0.15) is 0 Å². The largest absolute Gasteiger partial charge is 0.364 e. The third-order valence-corrected chi connectivity index (χ3v) is 7.13. The molecule has 208 valence electrons. The molecular weight excluding hydrogens is 518 g/mol. The van der Waals surface area contributed by atoms with Gasteiger partial charge in [0.2, 0.25) is 0 Å². The Bertz CT molecular complexity index is 1630. The Morgan fingerprint density at radius 2 is 1.76 bits per heavy atom. The fourth-order valence-corrected chi connectivity index (χ4v) is 5.10. The van der Waals surface area contributed by atoms with Gasteiger partial charge < -0.3 is 21.4 Å². The fourth-order valence-electron chi connectivity index (χ4n) is 5.10. The first-order chi connectivity index (χ1) is 19.8. The number of aromatic nitrogens is 3. The Morgan fingerprint density at radius 1 is 1.02 bits per heavy atom. The molecule has 0 radical (unpaired) electrons. The van der Waals surface area contributed by atoms with E-state index in [1.54, 1.807) is 53.2 Å². The number of benzene rings is 2. The predicted molar refractivity (Wildman–Crippen MR) is 158 cm³/mol. The van der Waals surface area contributed by atoms with Crippen LogP contribution in [0, 0.1) is 6.92 Å². The van der Waals surface area contributed by atoms with E-state index in [4.69, 9.17) is 10.7 Å². The first kappa shape index (κ1) is 27.3. The van der Waals surface area contributed by atoms with Gasteiger partial charge in [0.05, 0.1) is 6.04 Å². The molecule has 0 spiro atoms. The van der Waals surface area contributed by atoms with Crippen LogP contribution < -0.4 is 16.5 Å². The molecule has 41 heavy (non-hydrogen) atoms. The molecule has 1 unspecified atom stereocenters. The van der Waals surface area contributed by atoms with Crippen LogP contribution in [0.4, 0.5) is 5.82 Å². The minimum atomic E-state index is -0.676. The minimum absolute atomic E-state index is 0.157. The van der Waals surface area contributed by atoms with Crippen molar-refractivity contribution in [3.63, 3.8) is 0 Å². The van der Waals surface area contributed by atoms with E-state index in [1.807, 2.05) is 43.3 Å². The van der Waals surface area contributed by atoms with Gasteiger partial charge in [-0.15, -0.1) is 0 Å². The molecule has 3 heterocycles. The number of imidazole rings is 1. The second-order valence-electron chi connectivity index (χ2n) is 9.84. The highest BCUT2D eigenvalue weighted by molar-refractivity contribution is 6.18. The monoisotopic (exact) mass is 549 g/mol. The first-order valence-corrected chi connectivity index (χ1v) is 13.3. The zero-order valence-electron chi connectivity index (χ0n) is 22.9. The van der Waals surface area contributed by atoms with E-state index < -0.39 is 11.9 Å². The smallest absolute Gasteiger partial charge is 0.269 e. The summed E-state index contributed by atoms with van der Waals surface area (Å²) in [5.74, 6) is -0.228. The molecule has 3 amide bonds. The van der Waals surface area contributed by atoms with Crippen molar-refractivity contribution in [1.82, 2.24) is 19.5 Å². The number of likely N-dealkylation sites (tertiary alicyclic amines) is 1. The van der Waals surface area contributed by atoms with Gasteiger partial charge >= 0.3 is 0 Å². The second kappa shape index (κ2) is 11.5. The molecule has 5 rings (SSSR count). The number of rotatable bonds is 8. The Balaban J connectivity index is 1.45. The molecule has 1 aliphatic rings. The number of carbonyl (C=O) groups excluding carboxylic acids is 3. The summed E-state index contributed by atoms with van der Waals surface area (Å²) >= 11 is 0. The van der Waals surface area contributed by atoms with Gasteiger partial charge in [0, 0.05) is 36.5 Å². The lowest BCUT2D eigenvalue weighted by molar-refractivity contribution is -0.126. The first-order valence-electron chi connectivity index (χ1n) is 13.3. The molecule has 2 aromatic carbocycles. The number of primary amides is 1. The molecule has 4 N–H and O–H groups in total. The number of nitrogens with zero attached hydrogens (tertiary/aromatic N) is 4. The predicted octanol–water partition coefficient (Wildman–Crippen LogP) is 4.15. The standard InChI is InChI=1S/C31H31N7O3/c1-19-15-16-34-25(18-19)35-30(40)23-13-11-22(12-14-23)26-27(28(32)39)38(33-3)29(36-26)24-10-7-17-37(24)31(41)20(2)21-8-5-4-6-9-21/h4-6,8-9,11-16,18,24,33H,2,7,10,17H2,1,3H3,(H2,32,39)(H,34,35,40). The van der Waals surface area contributed by atoms with E-state index in [-0.39, 0.29) is 17.5 Å². The number of amides is 3. The summed E-state index contributed by atoms with van der Waals surface area (Å²) in [6.07, 6.45) is 3.07. The van der Waals surface area contributed by atoms with Gasteiger partial charge in [-0.3, -0.25) is 14.4 Å². The van der Waals surface area contributed by atoms with Crippen molar-refractivity contribution in [2.75, 3.05) is 24.3 Å². The van der Waals surface area contributed by atoms with Crippen LogP contribution >= 0.6 is 0 Å². The van der Waals surface area contributed by atoms with Crippen LogP contribution in [0.25, 0.3) is 16.8 Å². The Kier molecular flexibility index (Phi) is 7.64. The lowest BCUT2D eigenvalue weighted by Crippen LogP contribution is -2.34. The van der Waals surface area contributed by atoms with Gasteiger partial charge in [-0.05, 0) is 55.2 Å². The van der Waals surface area contributed by atoms with Gasteiger partial charge in [0.25, 0.3) is 17.7 Å². The molecule has 2 aromatic heterocycles. The second-order valence-corrected chi connectivity index (χ2v) is 9.84. The summed E-state index contributed by atoms with van der Waals surface area (Å²) in [5, 5.41) is 2.79. The van der Waals surface area contributed by atoms with Crippen LogP contribution in [0.15, 0.2) is 79.5 Å². The minimum Gasteiger partial charge on any atom is -0.364 e. The third kappa shape index (κ3) is 5.44. The number of hydrogen-bond acceptors (Lipinski definition) is 6. The Morgan fingerprint density at radius 3 is 2.41 bits per heavy atom. The molecule has 1 saturated heterocycles. The SMILES string of the molecule is C=C(C(=O)N1CCCC1c1nc(-c2ccc(C(=O)Nc3cc(C)ccn3)cc2)c(C(N)=O)n1NC)c1ccccc1. The van der Waals surface area contributed by atoms with Crippen molar-refractivity contribution in [3.8, 4) is 11.3 Å². The summed E-state index contributed by atoms with van der Waals surface area (Å²) in [4.78, 5) is 49.7. The molecule has 0 saturated carbocycles. The van der Waals surface area contributed by atoms with Crippen molar-refractivity contribution in [1.29, 1.82) is 0 Å². The molecule has 4 aromatic rings. The summed E-state index contributed by atoms with van der Waals surface area (Å²) in [6, 6.07) is 19.3. The van der Waals surface area contributed by atoms with Crippen LogP contribution in [0.3, 0.4) is 0 Å². The number of aryl methyl sites for hydroxylation is 1. The van der Waals surface area contributed by atoms with Crippen molar-refractivity contribution < 1.29 is 14.4 Å². The molecule has 1 aliphatic heterocycles. The van der Waals surface area contributed by atoms with E-state index in [2.05, 4.69) is 22.3 Å². The fraction of sp³-hybridized carbons (Fsp3) is 0.194. The normalized spacial score (nSPS) is 14.5. The quantitative estimate of drug-likeness (QED) is 0.283. The van der Waals surface area contributed by atoms with E-state index in [1.165, 1.54) is 0 Å². The number of nitrogens with one attached hydrogen (secondary N) is 2. The number of carbonyl (C=O) groups is 3. The number of nitrogens with two attached hydrogens (primary N) is 1. The summed E-state index contributed by atoms with van der Waals surface area (Å²) < 4.78 is 1.54. The average Bonchev–Trinajstić information content (AvgIpc) is 3.62. The van der Waals surface area contributed by atoms with Crippen molar-refractivity contribution in [2.45, 2.75) is 25.8 Å². The maximum absolute atomic E-state index is 13.5. The molecule has 10 heteroatoms. The number of pyridine rings is 1. The molecule has 10 nitrogen and oxygen atoms in total. The Labute approximate surface area is 237 Å². The topological polar surface area (TPSA) is 135 Å². The van der Waals surface area contributed by atoms with Gasteiger partial charge in [0.15, 0.2) is 11.5 Å². The van der Waals surface area contributed by atoms with Crippen LogP contribution in [0.5, 0.6) is 0 Å². The van der Waals surface area contributed by atoms with Crippen molar-refractivity contribution >= 4 is 29.1 Å². The number of anilines is 1. The highest BCUT2D eigenvalue weighted by Gasteiger charge is 2.36. The molecule has 1 fully saturated rings. The lowest BCUT2D eigenvalue weighted by Gasteiger charge is -2.26. The van der Waals surface area contributed by atoms with E-state index in [0.29, 0.717) is 47.0 Å². The maximum Gasteiger partial charge on any atom is 0.269 e. The van der Waals surface area contributed by atoms with Crippen LogP contribution in [0.1, 0.15) is 56.7 Å². The van der Waals surface area contributed by atoms with Crippen molar-refractivity contribution in [2.24, 2.45) is 5.73 Å². The number of hydrogen-bond donors (Lipinski definition) is 3. The molecule has 0 bridgehead atoms. The van der Waals surface area contributed by atoms with Crippen LogP contribution in [0.2, 0.25) is 0 Å². The molecular formula is C31H31N7O3. The molecule has 0 aliphatic carbocycles. The summed E-state index contributed by atoms with van der Waals surface area (Å²) in [5.41, 5.74) is 12.5. The van der Waals surface area contributed by atoms with Gasteiger partial charge in [0.1, 0.15) is 11.5 Å². The van der Waals surface area contributed by atoms with E-state index in [0.717, 1.165) is 17.5 Å². The molecule has 1 atom stereocenters. The van der Waals surface area contributed by atoms with E-state index >= 15 is 0 Å². The van der Waals surface area contributed by atoms with Gasteiger partial charge in [-0.25, -0.2) is 14.6 Å². The Hall–Kier alpha value is -5.25. The van der Waals surface area contributed by atoms with Crippen molar-refractivity contribution in [3.05, 3.63) is 108 Å². The summed E-state index contributed by atoms with van der Waals surface area (Å²) in [7, 11) is 1.66. The van der Waals surface area contributed by atoms with E-state index in [9.17, 15) is 14.4 Å². The van der Waals surface area contributed by atoms with Gasteiger partial charge in [-0.1, -0.05) is 49.0 Å². The summed E-state index contributed by atoms with van der Waals surface area (Å²) in [6.45, 7) is 6.50. The highest BCUT2D eigenvalue weighted by Crippen LogP contribution is 2.36. The van der Waals surface area contributed by atoms with Crippen LogP contribution in [-0.4, -0.2) is 50.9 Å². The average molecular weight is 550 g/mol. The third-order valence-electron chi connectivity index (χ3n) is 7.13. The zero-order valence-corrected chi connectivity index (χ0v) is 22.9. The lowest BCUT2D eigenvalue weighted by atomic mass is 10.1. The maximum atomic E-state index is 13.5.